The van der Waals surface area contributed by atoms with Crippen molar-refractivity contribution in [2.75, 3.05) is 7.05 Å². The summed E-state index contributed by atoms with van der Waals surface area (Å²) in [7, 11) is 1.95. The number of hydrogen-bond acceptors (Lipinski definition) is 0. The van der Waals surface area contributed by atoms with Crippen molar-refractivity contribution in [1.82, 2.24) is 5.32 Å². The van der Waals surface area contributed by atoms with E-state index in [4.69, 9.17) is 0 Å². The molecule has 53 valence electrons. The Kier molecular flexibility index (Phi) is 2.52. The summed E-state index contributed by atoms with van der Waals surface area (Å²) in [6.07, 6.45) is 5.53. The van der Waals surface area contributed by atoms with Gasteiger partial charge in [-0.05, 0) is 25.2 Å². The van der Waals surface area contributed by atoms with Gasteiger partial charge < -0.3 is 0 Å². The van der Waals surface area contributed by atoms with Crippen molar-refractivity contribution in [3.05, 3.63) is 0 Å². The average Bonchev–Trinajstić information content (AvgIpc) is 1.78. The molecule has 0 amide bonds. The maximum atomic E-state index is 4.33. The first-order valence-corrected chi connectivity index (χ1v) is 3.97. The van der Waals surface area contributed by atoms with Crippen molar-refractivity contribution in [2.24, 2.45) is 5.92 Å². The van der Waals surface area contributed by atoms with Crippen LogP contribution in [0, 0.1) is 5.92 Å². The average molecular weight is 126 g/mol. The lowest BCUT2D eigenvalue weighted by Gasteiger charge is -2.31. The smallest absolute Gasteiger partial charge is 0.0268 e. The van der Waals surface area contributed by atoms with Gasteiger partial charge in [0.25, 0.3) is 0 Å². The molecule has 1 aliphatic rings. The molecule has 9 heavy (non-hydrogen) atoms. The number of rotatable bonds is 3. The lowest BCUT2D eigenvalue weighted by molar-refractivity contribution is 0.229. The topological polar surface area (TPSA) is 14.1 Å². The van der Waals surface area contributed by atoms with Crippen LogP contribution in [0.4, 0.5) is 0 Å². The quantitative estimate of drug-likeness (QED) is 0.547. The third kappa shape index (κ3) is 1.45. The molecule has 1 heteroatoms. The van der Waals surface area contributed by atoms with Crippen LogP contribution in [0.2, 0.25) is 0 Å². The van der Waals surface area contributed by atoms with Crippen molar-refractivity contribution in [1.29, 1.82) is 0 Å². The van der Waals surface area contributed by atoms with E-state index in [0.717, 1.165) is 5.92 Å². The second-order valence-corrected chi connectivity index (χ2v) is 2.92. The monoisotopic (exact) mass is 126 g/mol. The predicted molar refractivity (Wildman–Crippen MR) is 39.5 cm³/mol. The zero-order valence-corrected chi connectivity index (χ0v) is 6.43. The van der Waals surface area contributed by atoms with Gasteiger partial charge in [-0.3, -0.25) is 0 Å². The Morgan fingerprint density at radius 3 is 2.33 bits per heavy atom. The van der Waals surface area contributed by atoms with Crippen LogP contribution in [-0.4, -0.2) is 13.1 Å². The van der Waals surface area contributed by atoms with Crippen LogP contribution in [0.3, 0.4) is 0 Å². The Hall–Kier alpha value is -0.0400. The second-order valence-electron chi connectivity index (χ2n) is 2.92. The molecular weight excluding hydrogens is 110 g/mol. The highest BCUT2D eigenvalue weighted by Gasteiger charge is 2.24. The summed E-state index contributed by atoms with van der Waals surface area (Å²) < 4.78 is 0. The third-order valence-corrected chi connectivity index (χ3v) is 2.44. The summed E-state index contributed by atoms with van der Waals surface area (Å²) in [6.45, 7) is 2.23. The fraction of sp³-hybridized carbons (Fsp3) is 1.00. The minimum Gasteiger partial charge on any atom is -0.242 e. The van der Waals surface area contributed by atoms with Gasteiger partial charge in [0.2, 0.25) is 0 Å². The summed E-state index contributed by atoms with van der Waals surface area (Å²) in [5, 5.41) is 4.33. The SMILES string of the molecule is CCC([N]C)C1CCC1. The Bertz CT molecular complexity index is 72.6. The first-order valence-electron chi connectivity index (χ1n) is 3.97. The molecule has 1 rings (SSSR count). The van der Waals surface area contributed by atoms with Crippen molar-refractivity contribution in [2.45, 2.75) is 38.6 Å². The van der Waals surface area contributed by atoms with Gasteiger partial charge in [0, 0.05) is 13.1 Å². The molecule has 0 N–H and O–H groups in total. The Morgan fingerprint density at radius 2 is 2.22 bits per heavy atom. The van der Waals surface area contributed by atoms with Crippen LogP contribution < -0.4 is 5.32 Å². The number of hydrogen-bond donors (Lipinski definition) is 0. The first kappa shape index (κ1) is 7.07. The van der Waals surface area contributed by atoms with Crippen molar-refractivity contribution in [3.63, 3.8) is 0 Å². The van der Waals surface area contributed by atoms with Crippen molar-refractivity contribution >= 4 is 0 Å². The van der Waals surface area contributed by atoms with E-state index in [1.165, 1.54) is 25.7 Å². The van der Waals surface area contributed by atoms with Crippen LogP contribution >= 0.6 is 0 Å². The van der Waals surface area contributed by atoms with Crippen LogP contribution in [-0.2, 0) is 0 Å². The molecule has 1 radical (unpaired) electrons. The van der Waals surface area contributed by atoms with E-state index in [1.807, 2.05) is 7.05 Å². The molecule has 1 saturated carbocycles. The van der Waals surface area contributed by atoms with E-state index in [0.29, 0.717) is 6.04 Å². The zero-order chi connectivity index (χ0) is 6.69. The highest BCUT2D eigenvalue weighted by molar-refractivity contribution is 4.80. The van der Waals surface area contributed by atoms with E-state index in [9.17, 15) is 0 Å². The zero-order valence-electron chi connectivity index (χ0n) is 6.43. The fourth-order valence-electron chi connectivity index (χ4n) is 1.55. The molecular formula is C8H16N. The van der Waals surface area contributed by atoms with Crippen LogP contribution in [0.5, 0.6) is 0 Å². The molecule has 0 aromatic rings. The highest BCUT2D eigenvalue weighted by Crippen LogP contribution is 2.30. The highest BCUT2D eigenvalue weighted by atomic mass is 14.9. The largest absolute Gasteiger partial charge is 0.242 e. The van der Waals surface area contributed by atoms with Gasteiger partial charge in [-0.25, -0.2) is 5.32 Å². The van der Waals surface area contributed by atoms with E-state index in [2.05, 4.69) is 12.2 Å². The van der Waals surface area contributed by atoms with Gasteiger partial charge >= 0.3 is 0 Å². The molecule has 1 unspecified atom stereocenters. The minimum atomic E-state index is 0.679. The fourth-order valence-corrected chi connectivity index (χ4v) is 1.55. The van der Waals surface area contributed by atoms with E-state index < -0.39 is 0 Å². The Morgan fingerprint density at radius 1 is 1.56 bits per heavy atom. The maximum Gasteiger partial charge on any atom is 0.0268 e. The van der Waals surface area contributed by atoms with Crippen molar-refractivity contribution in [3.8, 4) is 0 Å². The lowest BCUT2D eigenvalue weighted by Crippen LogP contribution is -2.32. The lowest BCUT2D eigenvalue weighted by atomic mass is 9.79. The van der Waals surface area contributed by atoms with E-state index >= 15 is 0 Å². The van der Waals surface area contributed by atoms with Gasteiger partial charge in [0.15, 0.2) is 0 Å². The maximum absolute atomic E-state index is 4.33. The van der Waals surface area contributed by atoms with Gasteiger partial charge in [-0.2, -0.15) is 0 Å². The van der Waals surface area contributed by atoms with Gasteiger partial charge in [-0.15, -0.1) is 0 Å². The van der Waals surface area contributed by atoms with Gasteiger partial charge in [-0.1, -0.05) is 13.3 Å². The standard InChI is InChI=1S/C8H16N/c1-3-8(9-2)7-5-4-6-7/h7-8H,3-6H2,1-2H3. The van der Waals surface area contributed by atoms with Gasteiger partial charge in [0.1, 0.15) is 0 Å². The molecule has 1 fully saturated rings. The molecule has 0 bridgehead atoms. The molecule has 0 heterocycles. The second kappa shape index (κ2) is 3.21. The Labute approximate surface area is 57.8 Å². The summed E-state index contributed by atoms with van der Waals surface area (Å²) in [4.78, 5) is 0. The summed E-state index contributed by atoms with van der Waals surface area (Å²) in [5.41, 5.74) is 0. The van der Waals surface area contributed by atoms with Crippen LogP contribution in [0.15, 0.2) is 0 Å². The summed E-state index contributed by atoms with van der Waals surface area (Å²) in [6, 6.07) is 0.679. The molecule has 1 nitrogen and oxygen atoms in total. The van der Waals surface area contributed by atoms with E-state index in [-0.39, 0.29) is 0 Å². The van der Waals surface area contributed by atoms with Crippen LogP contribution in [0.1, 0.15) is 32.6 Å². The normalized spacial score (nSPS) is 23.3. The molecule has 0 spiro atoms. The molecule has 1 atom stereocenters. The van der Waals surface area contributed by atoms with E-state index in [1.54, 1.807) is 0 Å². The molecule has 0 aromatic carbocycles. The minimum absolute atomic E-state index is 0.679. The third-order valence-electron chi connectivity index (χ3n) is 2.44. The van der Waals surface area contributed by atoms with Crippen LogP contribution in [0.25, 0.3) is 0 Å². The van der Waals surface area contributed by atoms with Crippen molar-refractivity contribution < 1.29 is 0 Å². The first-order chi connectivity index (χ1) is 4.38. The molecule has 0 aromatic heterocycles. The Balaban J connectivity index is 2.19. The number of nitrogens with zero attached hydrogens (tertiary/aromatic N) is 1. The van der Waals surface area contributed by atoms with Gasteiger partial charge in [0.05, 0.1) is 0 Å². The predicted octanol–water partition coefficient (Wildman–Crippen LogP) is 1.80. The molecule has 0 aliphatic heterocycles. The molecule has 1 aliphatic carbocycles. The summed E-state index contributed by atoms with van der Waals surface area (Å²) >= 11 is 0. The molecule has 0 saturated heterocycles. The summed E-state index contributed by atoms with van der Waals surface area (Å²) in [5.74, 6) is 0.944.